The Morgan fingerprint density at radius 3 is 1.41 bits per heavy atom. The van der Waals surface area contributed by atoms with Crippen molar-refractivity contribution in [2.24, 2.45) is 22.3 Å². The van der Waals surface area contributed by atoms with Gasteiger partial charge in [0.15, 0.2) is 0 Å². The molecule has 14 nitrogen and oxygen atoms in total. The highest BCUT2D eigenvalue weighted by Crippen LogP contribution is 2.27. The summed E-state index contributed by atoms with van der Waals surface area (Å²) in [5.41, 5.74) is 8.94. The summed E-state index contributed by atoms with van der Waals surface area (Å²) in [6.07, 6.45) is -0.306. The van der Waals surface area contributed by atoms with E-state index in [0.717, 1.165) is 0 Å². The third-order valence-electron chi connectivity index (χ3n) is 5.37. The predicted molar refractivity (Wildman–Crippen MR) is 128 cm³/mol. The van der Waals surface area contributed by atoms with E-state index in [2.05, 4.69) is 4.74 Å². The van der Waals surface area contributed by atoms with Crippen LogP contribution in [0.1, 0.15) is 60.8 Å². The molecule has 0 radical (unpaired) electrons. The van der Waals surface area contributed by atoms with Gasteiger partial charge in [-0.25, -0.2) is 0 Å². The second-order valence-corrected chi connectivity index (χ2v) is 8.51. The molecule has 0 amide bonds. The van der Waals surface area contributed by atoms with Crippen LogP contribution in [0, 0.1) is 10.8 Å². The molecule has 0 rings (SSSR count). The summed E-state index contributed by atoms with van der Waals surface area (Å²) in [5.74, 6) is -4.97. The number of ether oxygens (including phenoxy) is 4. The molecular weight excluding hydrogens is 496 g/mol. The molecule has 0 aromatic carbocycles. The summed E-state index contributed by atoms with van der Waals surface area (Å²) in [6.45, 7) is 9.29. The normalized spacial score (nSPS) is 13.9. The van der Waals surface area contributed by atoms with Crippen LogP contribution in [0.15, 0.2) is 0 Å². The smallest absolute Gasteiger partial charge is 0.324 e. The average molecular weight is 537 g/mol. The average Bonchev–Trinajstić information content (AvgIpc) is 2.82. The molecule has 0 bridgehead atoms. The zero-order valence-electron chi connectivity index (χ0n) is 22.2. The number of hydrogen-bond acceptors (Lipinski definition) is 12. The van der Waals surface area contributed by atoms with Crippen molar-refractivity contribution in [1.29, 1.82) is 0 Å². The molecule has 0 fully saturated rings. The molecule has 214 valence electrons. The van der Waals surface area contributed by atoms with Crippen LogP contribution in [0.25, 0.3) is 0 Å². The maximum atomic E-state index is 11.8. The molecule has 0 aromatic heterocycles. The van der Waals surface area contributed by atoms with Crippen molar-refractivity contribution >= 4 is 35.8 Å². The van der Waals surface area contributed by atoms with Crippen LogP contribution in [0.4, 0.5) is 0 Å². The molecular formula is C23H40N2O12. The van der Waals surface area contributed by atoms with Gasteiger partial charge in [0.25, 0.3) is 0 Å². The fourth-order valence-corrected chi connectivity index (χ4v) is 2.44. The Bertz CT molecular complexity index is 799. The first-order chi connectivity index (χ1) is 17.0. The highest BCUT2D eigenvalue weighted by Gasteiger charge is 2.44. The fraction of sp³-hybridized carbons (Fsp3) is 0.739. The molecule has 0 aliphatic carbocycles. The van der Waals surface area contributed by atoms with Gasteiger partial charge in [-0.1, -0.05) is 6.92 Å². The third kappa shape index (κ3) is 12.5. The van der Waals surface area contributed by atoms with Gasteiger partial charge in [0.05, 0.1) is 36.9 Å². The Morgan fingerprint density at radius 1 is 0.676 bits per heavy atom. The number of carboxylic acid groups (broad SMARTS) is 2. The number of carboxylic acids is 2. The maximum absolute atomic E-state index is 11.8. The highest BCUT2D eigenvalue weighted by molar-refractivity contribution is 5.88. The molecule has 0 aliphatic heterocycles. The second-order valence-electron chi connectivity index (χ2n) is 8.51. The number of aliphatic carboxylic acids is 2. The number of nitrogens with two attached hydrogens (primary N) is 2. The number of hydrogen-bond donors (Lipinski definition) is 4. The van der Waals surface area contributed by atoms with Crippen molar-refractivity contribution in [3.05, 3.63) is 0 Å². The second kappa shape index (κ2) is 17.2. The number of rotatable bonds is 15. The number of esters is 4. The quantitative estimate of drug-likeness (QED) is 0.162. The minimum atomic E-state index is -1.23. The fourth-order valence-electron chi connectivity index (χ4n) is 2.44. The maximum Gasteiger partial charge on any atom is 0.324 e. The van der Waals surface area contributed by atoms with Gasteiger partial charge in [0.2, 0.25) is 0 Å². The molecule has 14 heteroatoms. The summed E-state index contributed by atoms with van der Waals surface area (Å²) in [7, 11) is 0. The van der Waals surface area contributed by atoms with Crippen LogP contribution in [-0.2, 0) is 47.7 Å². The molecule has 3 atom stereocenters. The van der Waals surface area contributed by atoms with Gasteiger partial charge in [-0.15, -0.1) is 0 Å². The summed E-state index contributed by atoms with van der Waals surface area (Å²) in [6, 6.07) is -2.39. The standard InChI is InChI=1S/C12H21NO6.C11H19NO6/c1-4-12(3,11(17)18-5-2)9(13)10(16)19-7-6-8(14)15;1-4-17-10(16)11(2,3)8(12)9(15)18-6-5-7(13)14/h9H,4-7,13H2,1-3H3,(H,14,15);8H,4-6,12H2,1-3H3,(H,13,14)/t9-,12-;8-/m11/s1. The lowest BCUT2D eigenvalue weighted by molar-refractivity contribution is -0.164. The van der Waals surface area contributed by atoms with E-state index >= 15 is 0 Å². The zero-order valence-corrected chi connectivity index (χ0v) is 22.2. The van der Waals surface area contributed by atoms with Gasteiger partial charge in [0, 0.05) is 0 Å². The van der Waals surface area contributed by atoms with E-state index < -0.39 is 58.7 Å². The lowest BCUT2D eigenvalue weighted by Gasteiger charge is -2.30. The first-order valence-corrected chi connectivity index (χ1v) is 11.6. The van der Waals surface area contributed by atoms with Gasteiger partial charge in [0.1, 0.15) is 25.3 Å². The van der Waals surface area contributed by atoms with Gasteiger partial charge in [-0.3, -0.25) is 28.8 Å². The Morgan fingerprint density at radius 2 is 1.05 bits per heavy atom. The van der Waals surface area contributed by atoms with Crippen LogP contribution in [0.5, 0.6) is 0 Å². The molecule has 0 aromatic rings. The molecule has 37 heavy (non-hydrogen) atoms. The van der Waals surface area contributed by atoms with Crippen LogP contribution < -0.4 is 11.5 Å². The molecule has 0 saturated heterocycles. The SMILES string of the molecule is CCOC(=O)C(C)(C)[C@H](N)C(=O)OCCC(=O)O.CCOC(=O)[C@](C)(CC)[C@H](N)C(=O)OCCC(=O)O. The topological polar surface area (TPSA) is 232 Å². The Kier molecular flexibility index (Phi) is 16.7. The van der Waals surface area contributed by atoms with Crippen molar-refractivity contribution in [2.75, 3.05) is 26.4 Å². The van der Waals surface area contributed by atoms with Crippen LogP contribution in [0.2, 0.25) is 0 Å². The van der Waals surface area contributed by atoms with E-state index in [0.29, 0.717) is 6.42 Å². The van der Waals surface area contributed by atoms with Crippen LogP contribution in [0.3, 0.4) is 0 Å². The first kappa shape index (κ1) is 35.9. The minimum absolute atomic E-state index is 0.184. The van der Waals surface area contributed by atoms with Crippen molar-refractivity contribution in [3.8, 4) is 0 Å². The zero-order chi connectivity index (χ0) is 29.4. The van der Waals surface area contributed by atoms with Gasteiger partial charge >= 0.3 is 35.8 Å². The molecule has 0 saturated carbocycles. The largest absolute Gasteiger partial charge is 0.481 e. The molecule has 0 spiro atoms. The summed E-state index contributed by atoms with van der Waals surface area (Å²) >= 11 is 0. The monoisotopic (exact) mass is 536 g/mol. The van der Waals surface area contributed by atoms with Crippen molar-refractivity contribution in [1.82, 2.24) is 0 Å². The first-order valence-electron chi connectivity index (χ1n) is 11.6. The van der Waals surface area contributed by atoms with Crippen LogP contribution in [-0.4, -0.2) is 84.5 Å². The number of carbonyl (C=O) groups excluding carboxylic acids is 4. The third-order valence-corrected chi connectivity index (χ3v) is 5.37. The van der Waals surface area contributed by atoms with E-state index in [1.54, 1.807) is 20.8 Å². The summed E-state index contributed by atoms with van der Waals surface area (Å²) in [4.78, 5) is 67.2. The summed E-state index contributed by atoms with van der Waals surface area (Å²) < 4.78 is 19.1. The van der Waals surface area contributed by atoms with E-state index in [1.807, 2.05) is 0 Å². The highest BCUT2D eigenvalue weighted by atomic mass is 16.6. The van der Waals surface area contributed by atoms with E-state index in [9.17, 15) is 28.8 Å². The van der Waals surface area contributed by atoms with Gasteiger partial charge in [-0.2, -0.15) is 0 Å². The Labute approximate surface area is 215 Å². The van der Waals surface area contributed by atoms with E-state index in [1.165, 1.54) is 20.8 Å². The van der Waals surface area contributed by atoms with Crippen LogP contribution >= 0.6 is 0 Å². The van der Waals surface area contributed by atoms with Crippen molar-refractivity contribution in [2.45, 2.75) is 72.9 Å². The Balaban J connectivity index is 0. The Hall–Kier alpha value is -3.26. The van der Waals surface area contributed by atoms with Crippen molar-refractivity contribution < 1.29 is 57.9 Å². The van der Waals surface area contributed by atoms with Gasteiger partial charge < -0.3 is 40.6 Å². The molecule has 0 aliphatic rings. The van der Waals surface area contributed by atoms with E-state index in [-0.39, 0.29) is 39.3 Å². The van der Waals surface area contributed by atoms with E-state index in [4.69, 9.17) is 35.9 Å². The molecule has 0 unspecified atom stereocenters. The van der Waals surface area contributed by atoms with Gasteiger partial charge in [-0.05, 0) is 41.0 Å². The lowest BCUT2D eigenvalue weighted by atomic mass is 9.80. The molecule has 6 N–H and O–H groups in total. The predicted octanol–water partition coefficient (Wildman–Crippen LogP) is 0.232. The molecule has 0 heterocycles. The number of carbonyl (C=O) groups is 6. The summed E-state index contributed by atoms with van der Waals surface area (Å²) in [5, 5.41) is 16.8. The lowest BCUT2D eigenvalue weighted by Crippen LogP contribution is -2.51. The van der Waals surface area contributed by atoms with Crippen molar-refractivity contribution in [3.63, 3.8) is 0 Å². The minimum Gasteiger partial charge on any atom is -0.481 e.